The molecule has 5 heteroatoms. The zero-order chi connectivity index (χ0) is 13.3. The van der Waals surface area contributed by atoms with Crippen molar-refractivity contribution in [2.75, 3.05) is 26.3 Å². The van der Waals surface area contributed by atoms with Crippen LogP contribution in [0.5, 0.6) is 0 Å². The van der Waals surface area contributed by atoms with E-state index in [0.717, 1.165) is 24.9 Å². The summed E-state index contributed by atoms with van der Waals surface area (Å²) in [6.45, 7) is 4.38. The number of ether oxygens (including phenoxy) is 2. The number of carbonyl (C=O) groups excluding carboxylic acids is 1. The van der Waals surface area contributed by atoms with E-state index in [2.05, 4.69) is 4.98 Å². The van der Waals surface area contributed by atoms with Gasteiger partial charge in [-0.3, -0.25) is 9.78 Å². The van der Waals surface area contributed by atoms with Crippen molar-refractivity contribution < 1.29 is 14.3 Å². The summed E-state index contributed by atoms with van der Waals surface area (Å²) < 4.78 is 11.4. The summed E-state index contributed by atoms with van der Waals surface area (Å²) >= 11 is 0. The summed E-state index contributed by atoms with van der Waals surface area (Å²) in [5.74, 6) is -0.604. The van der Waals surface area contributed by atoms with Crippen molar-refractivity contribution in [1.82, 2.24) is 9.88 Å². The second kappa shape index (κ2) is 4.90. The van der Waals surface area contributed by atoms with Crippen LogP contribution in [0.15, 0.2) is 18.3 Å². The van der Waals surface area contributed by atoms with Gasteiger partial charge in [-0.25, -0.2) is 0 Å². The largest absolute Gasteiger partial charge is 0.346 e. The predicted octanol–water partition coefficient (Wildman–Crippen LogP) is 1.37. The van der Waals surface area contributed by atoms with Gasteiger partial charge in [0.1, 0.15) is 5.69 Å². The van der Waals surface area contributed by atoms with Gasteiger partial charge in [-0.05, 0) is 25.0 Å². The fourth-order valence-electron chi connectivity index (χ4n) is 2.75. The molecule has 3 rings (SSSR count). The van der Waals surface area contributed by atoms with E-state index >= 15 is 0 Å². The van der Waals surface area contributed by atoms with Crippen LogP contribution in [0.1, 0.15) is 28.9 Å². The Bertz CT molecular complexity index is 483. The number of nitrogens with zero attached hydrogens (tertiary/aromatic N) is 2. The lowest BCUT2D eigenvalue weighted by atomic mass is 10.0. The van der Waals surface area contributed by atoms with E-state index in [1.54, 1.807) is 11.1 Å². The Morgan fingerprint density at radius 2 is 2.21 bits per heavy atom. The van der Waals surface area contributed by atoms with Crippen molar-refractivity contribution in [3.63, 3.8) is 0 Å². The summed E-state index contributed by atoms with van der Waals surface area (Å²) in [6, 6.07) is 3.75. The smallest absolute Gasteiger partial charge is 0.272 e. The van der Waals surface area contributed by atoms with E-state index in [1.165, 1.54) is 0 Å². The number of pyridine rings is 1. The van der Waals surface area contributed by atoms with Gasteiger partial charge >= 0.3 is 0 Å². The van der Waals surface area contributed by atoms with Gasteiger partial charge in [0.2, 0.25) is 0 Å². The van der Waals surface area contributed by atoms with E-state index in [0.29, 0.717) is 25.5 Å². The number of hydrogen-bond donors (Lipinski definition) is 0. The number of piperidine rings is 1. The van der Waals surface area contributed by atoms with Crippen molar-refractivity contribution >= 4 is 5.91 Å². The SMILES string of the molecule is Cc1cccnc1C(=O)N1CCCC2(C1)OCCO2. The lowest BCUT2D eigenvalue weighted by Gasteiger charge is -2.38. The maximum atomic E-state index is 12.5. The summed E-state index contributed by atoms with van der Waals surface area (Å²) in [4.78, 5) is 18.5. The second-order valence-corrected chi connectivity index (χ2v) is 5.11. The molecule has 1 spiro atoms. The van der Waals surface area contributed by atoms with Crippen molar-refractivity contribution in [1.29, 1.82) is 0 Å². The molecule has 3 heterocycles. The van der Waals surface area contributed by atoms with Gasteiger partial charge in [-0.15, -0.1) is 0 Å². The second-order valence-electron chi connectivity index (χ2n) is 5.11. The number of aromatic nitrogens is 1. The minimum Gasteiger partial charge on any atom is -0.346 e. The molecule has 2 fully saturated rings. The molecule has 0 aromatic carbocycles. The molecular weight excluding hydrogens is 244 g/mol. The Hall–Kier alpha value is -1.46. The van der Waals surface area contributed by atoms with E-state index in [-0.39, 0.29) is 5.91 Å². The summed E-state index contributed by atoms with van der Waals surface area (Å²) in [7, 11) is 0. The topological polar surface area (TPSA) is 51.7 Å². The summed E-state index contributed by atoms with van der Waals surface area (Å²) in [6.07, 6.45) is 3.41. The van der Waals surface area contributed by atoms with Crippen molar-refractivity contribution in [2.45, 2.75) is 25.6 Å². The van der Waals surface area contributed by atoms with Gasteiger partial charge in [0.05, 0.1) is 19.8 Å². The first-order valence-corrected chi connectivity index (χ1v) is 6.69. The number of hydrogen-bond acceptors (Lipinski definition) is 4. The van der Waals surface area contributed by atoms with E-state index < -0.39 is 5.79 Å². The van der Waals surface area contributed by atoms with Gasteiger partial charge in [0.15, 0.2) is 5.79 Å². The highest BCUT2D eigenvalue weighted by Gasteiger charge is 2.42. The van der Waals surface area contributed by atoms with Crippen LogP contribution in [-0.2, 0) is 9.47 Å². The van der Waals surface area contributed by atoms with Crippen LogP contribution >= 0.6 is 0 Å². The highest BCUT2D eigenvalue weighted by Crippen LogP contribution is 2.30. The Balaban J connectivity index is 1.78. The molecule has 102 valence electrons. The average molecular weight is 262 g/mol. The maximum absolute atomic E-state index is 12.5. The number of likely N-dealkylation sites (tertiary alicyclic amines) is 1. The first kappa shape index (κ1) is 12.6. The molecule has 2 aliphatic heterocycles. The average Bonchev–Trinajstić information content (AvgIpc) is 2.86. The third-order valence-corrected chi connectivity index (χ3v) is 3.73. The predicted molar refractivity (Wildman–Crippen MR) is 68.7 cm³/mol. The Morgan fingerprint density at radius 1 is 1.42 bits per heavy atom. The normalized spacial score (nSPS) is 21.8. The van der Waals surface area contributed by atoms with Crippen molar-refractivity contribution in [3.05, 3.63) is 29.6 Å². The third kappa shape index (κ3) is 2.35. The van der Waals surface area contributed by atoms with Crippen molar-refractivity contribution in [2.24, 2.45) is 0 Å². The first-order chi connectivity index (χ1) is 9.20. The van der Waals surface area contributed by atoms with E-state index in [4.69, 9.17) is 9.47 Å². The van der Waals surface area contributed by atoms with Gasteiger partial charge in [0.25, 0.3) is 5.91 Å². The number of carbonyl (C=O) groups is 1. The minimum atomic E-state index is -0.573. The van der Waals surface area contributed by atoms with Gasteiger partial charge in [0, 0.05) is 19.2 Å². The maximum Gasteiger partial charge on any atom is 0.272 e. The standard InChI is InChI=1S/C14H18N2O3/c1-11-4-2-6-15-12(11)13(17)16-7-3-5-14(10-16)18-8-9-19-14/h2,4,6H,3,5,7-10H2,1H3. The first-order valence-electron chi connectivity index (χ1n) is 6.69. The Morgan fingerprint density at radius 3 is 2.95 bits per heavy atom. The van der Waals surface area contributed by atoms with Gasteiger partial charge in [-0.1, -0.05) is 6.07 Å². The molecule has 0 atom stereocenters. The molecule has 2 aliphatic rings. The molecule has 0 bridgehead atoms. The Labute approximate surface area is 112 Å². The van der Waals surface area contributed by atoms with Crippen LogP contribution in [0.2, 0.25) is 0 Å². The van der Waals surface area contributed by atoms with E-state index in [9.17, 15) is 4.79 Å². The molecule has 5 nitrogen and oxygen atoms in total. The van der Waals surface area contributed by atoms with Crippen LogP contribution in [0.25, 0.3) is 0 Å². The molecule has 0 aliphatic carbocycles. The Kier molecular flexibility index (Phi) is 3.24. The number of amides is 1. The van der Waals surface area contributed by atoms with Crippen LogP contribution in [-0.4, -0.2) is 47.9 Å². The molecular formula is C14H18N2O3. The third-order valence-electron chi connectivity index (χ3n) is 3.73. The number of rotatable bonds is 1. The zero-order valence-electron chi connectivity index (χ0n) is 11.1. The molecule has 2 saturated heterocycles. The van der Waals surface area contributed by atoms with Crippen LogP contribution in [0.3, 0.4) is 0 Å². The molecule has 1 amide bonds. The van der Waals surface area contributed by atoms with Crippen LogP contribution < -0.4 is 0 Å². The van der Waals surface area contributed by atoms with Crippen LogP contribution in [0.4, 0.5) is 0 Å². The van der Waals surface area contributed by atoms with Gasteiger partial charge in [-0.2, -0.15) is 0 Å². The number of aryl methyl sites for hydroxylation is 1. The lowest BCUT2D eigenvalue weighted by Crippen LogP contribution is -2.51. The molecule has 0 N–H and O–H groups in total. The highest BCUT2D eigenvalue weighted by atomic mass is 16.7. The molecule has 1 aromatic heterocycles. The fourth-order valence-corrected chi connectivity index (χ4v) is 2.75. The minimum absolute atomic E-state index is 0.0312. The van der Waals surface area contributed by atoms with Gasteiger partial charge < -0.3 is 14.4 Å². The fraction of sp³-hybridized carbons (Fsp3) is 0.571. The van der Waals surface area contributed by atoms with Crippen LogP contribution in [0, 0.1) is 6.92 Å². The monoisotopic (exact) mass is 262 g/mol. The molecule has 0 unspecified atom stereocenters. The van der Waals surface area contributed by atoms with E-state index in [1.807, 2.05) is 19.1 Å². The molecule has 1 aromatic rings. The molecule has 0 saturated carbocycles. The zero-order valence-corrected chi connectivity index (χ0v) is 11.1. The highest BCUT2D eigenvalue weighted by molar-refractivity contribution is 5.93. The summed E-state index contributed by atoms with van der Waals surface area (Å²) in [5, 5.41) is 0. The molecule has 0 radical (unpaired) electrons. The lowest BCUT2D eigenvalue weighted by molar-refractivity contribution is -0.183. The summed E-state index contributed by atoms with van der Waals surface area (Å²) in [5.41, 5.74) is 1.43. The quantitative estimate of drug-likeness (QED) is 0.767. The molecule has 19 heavy (non-hydrogen) atoms. The van der Waals surface area contributed by atoms with Crippen molar-refractivity contribution in [3.8, 4) is 0 Å².